The van der Waals surface area contributed by atoms with Gasteiger partial charge in [-0.05, 0) is 28.1 Å². The Morgan fingerprint density at radius 3 is 2.57 bits per heavy atom. The van der Waals surface area contributed by atoms with Gasteiger partial charge in [-0.3, -0.25) is 9.59 Å². The number of rotatable bonds is 3. The summed E-state index contributed by atoms with van der Waals surface area (Å²) in [7, 11) is 1.62. The Morgan fingerprint density at radius 1 is 1.50 bits per heavy atom. The second-order valence-electron chi connectivity index (χ2n) is 2.92. The lowest BCUT2D eigenvalue weighted by Gasteiger charge is -2.13. The summed E-state index contributed by atoms with van der Waals surface area (Å²) in [5, 5.41) is 0. The Kier molecular flexibility index (Phi) is 3.83. The smallest absolute Gasteiger partial charge is 0.289 e. The zero-order chi connectivity index (χ0) is 10.7. The van der Waals surface area contributed by atoms with Crippen LogP contribution in [0.25, 0.3) is 0 Å². The third-order valence-corrected chi connectivity index (χ3v) is 3.28. The predicted molar refractivity (Wildman–Crippen MR) is 59.2 cm³/mol. The zero-order valence-electron chi connectivity index (χ0n) is 7.91. The quantitative estimate of drug-likeness (QED) is 0.792. The molecule has 3 nitrogen and oxygen atoms in total. The molecular formula is C9H10BrNO2S. The fourth-order valence-corrected chi connectivity index (χ4v) is 2.55. The topological polar surface area (TPSA) is 37.4 Å². The van der Waals surface area contributed by atoms with Crippen molar-refractivity contribution in [2.24, 2.45) is 0 Å². The standard InChI is InChI=1S/C9H10BrNO2S/c1-6(12)9(13)11(2)5-7-3-4-8(10)14-7/h3-4H,5H2,1-2H3. The largest absolute Gasteiger partial charge is 0.334 e. The van der Waals surface area contributed by atoms with Crippen LogP contribution in [0.2, 0.25) is 0 Å². The maximum absolute atomic E-state index is 11.2. The SMILES string of the molecule is CC(=O)C(=O)N(C)Cc1ccc(Br)s1. The Bertz CT molecular complexity index is 361. The molecule has 0 aliphatic carbocycles. The molecule has 0 aliphatic heterocycles. The van der Waals surface area contributed by atoms with E-state index >= 15 is 0 Å². The van der Waals surface area contributed by atoms with E-state index in [2.05, 4.69) is 15.9 Å². The molecule has 0 radical (unpaired) electrons. The number of amides is 1. The Hall–Kier alpha value is -0.680. The van der Waals surface area contributed by atoms with Crippen LogP contribution in [0.5, 0.6) is 0 Å². The maximum Gasteiger partial charge on any atom is 0.289 e. The number of halogens is 1. The average Bonchev–Trinajstić information content (AvgIpc) is 2.49. The average molecular weight is 276 g/mol. The summed E-state index contributed by atoms with van der Waals surface area (Å²) in [4.78, 5) is 24.5. The van der Waals surface area contributed by atoms with Gasteiger partial charge in [0, 0.05) is 18.8 Å². The third-order valence-electron chi connectivity index (χ3n) is 1.67. The van der Waals surface area contributed by atoms with E-state index in [1.807, 2.05) is 12.1 Å². The van der Waals surface area contributed by atoms with Gasteiger partial charge in [-0.1, -0.05) is 0 Å². The molecule has 0 bridgehead atoms. The van der Waals surface area contributed by atoms with Crippen molar-refractivity contribution in [3.63, 3.8) is 0 Å². The number of hydrogen-bond donors (Lipinski definition) is 0. The van der Waals surface area contributed by atoms with Crippen LogP contribution in [0, 0.1) is 0 Å². The molecule has 0 aliphatic rings. The monoisotopic (exact) mass is 275 g/mol. The highest BCUT2D eigenvalue weighted by molar-refractivity contribution is 9.11. The van der Waals surface area contributed by atoms with Gasteiger partial charge in [-0.25, -0.2) is 0 Å². The van der Waals surface area contributed by atoms with Gasteiger partial charge in [0.2, 0.25) is 5.78 Å². The first-order valence-corrected chi connectivity index (χ1v) is 5.62. The van der Waals surface area contributed by atoms with Gasteiger partial charge in [0.05, 0.1) is 10.3 Å². The van der Waals surface area contributed by atoms with Crippen molar-refractivity contribution in [3.8, 4) is 0 Å². The van der Waals surface area contributed by atoms with Gasteiger partial charge in [0.25, 0.3) is 5.91 Å². The van der Waals surface area contributed by atoms with Crippen molar-refractivity contribution in [3.05, 3.63) is 20.8 Å². The highest BCUT2D eigenvalue weighted by atomic mass is 79.9. The van der Waals surface area contributed by atoms with E-state index in [1.54, 1.807) is 18.4 Å². The molecule has 0 spiro atoms. The maximum atomic E-state index is 11.2. The van der Waals surface area contributed by atoms with Crippen molar-refractivity contribution < 1.29 is 9.59 Å². The Morgan fingerprint density at radius 2 is 2.14 bits per heavy atom. The highest BCUT2D eigenvalue weighted by Gasteiger charge is 2.14. The van der Waals surface area contributed by atoms with Crippen LogP contribution >= 0.6 is 27.3 Å². The third kappa shape index (κ3) is 2.92. The van der Waals surface area contributed by atoms with Crippen LogP contribution in [-0.2, 0) is 16.1 Å². The molecule has 14 heavy (non-hydrogen) atoms. The molecule has 0 aromatic carbocycles. The molecule has 1 aromatic heterocycles. The lowest BCUT2D eigenvalue weighted by Crippen LogP contribution is -2.30. The molecule has 0 saturated heterocycles. The van der Waals surface area contributed by atoms with Crippen molar-refractivity contribution in [2.45, 2.75) is 13.5 Å². The number of hydrogen-bond acceptors (Lipinski definition) is 3. The van der Waals surface area contributed by atoms with E-state index in [4.69, 9.17) is 0 Å². The van der Waals surface area contributed by atoms with E-state index < -0.39 is 11.7 Å². The van der Waals surface area contributed by atoms with Gasteiger partial charge in [0.1, 0.15) is 0 Å². The summed E-state index contributed by atoms with van der Waals surface area (Å²) < 4.78 is 1.02. The minimum absolute atomic E-state index is 0.428. The van der Waals surface area contributed by atoms with E-state index in [1.165, 1.54) is 11.8 Å². The summed E-state index contributed by atoms with van der Waals surface area (Å²) in [6.07, 6.45) is 0. The minimum Gasteiger partial charge on any atom is -0.334 e. The number of likely N-dealkylation sites (N-methyl/N-ethyl adjacent to an activating group) is 1. The molecule has 1 heterocycles. The van der Waals surface area contributed by atoms with Crippen LogP contribution in [0.4, 0.5) is 0 Å². The van der Waals surface area contributed by atoms with Gasteiger partial charge in [-0.15, -0.1) is 11.3 Å². The summed E-state index contributed by atoms with van der Waals surface area (Å²) in [6.45, 7) is 1.76. The number of carbonyl (C=O) groups excluding carboxylic acids is 2. The molecule has 1 amide bonds. The molecular weight excluding hydrogens is 266 g/mol. The summed E-state index contributed by atoms with van der Waals surface area (Å²) in [6, 6.07) is 3.85. The highest BCUT2D eigenvalue weighted by Crippen LogP contribution is 2.22. The lowest BCUT2D eigenvalue weighted by molar-refractivity contribution is -0.143. The van der Waals surface area contributed by atoms with Crippen molar-refractivity contribution >= 4 is 39.0 Å². The fraction of sp³-hybridized carbons (Fsp3) is 0.333. The number of ketones is 1. The molecule has 0 unspecified atom stereocenters. The molecule has 0 atom stereocenters. The zero-order valence-corrected chi connectivity index (χ0v) is 10.3. The molecule has 5 heteroatoms. The fourth-order valence-electron chi connectivity index (χ4n) is 1.01. The van der Waals surface area contributed by atoms with Crippen molar-refractivity contribution in [2.75, 3.05) is 7.05 Å². The first-order chi connectivity index (χ1) is 6.50. The molecule has 76 valence electrons. The molecule has 1 rings (SSSR count). The first kappa shape index (κ1) is 11.4. The van der Waals surface area contributed by atoms with Gasteiger partial charge < -0.3 is 4.90 Å². The van der Waals surface area contributed by atoms with E-state index in [0.717, 1.165) is 8.66 Å². The van der Waals surface area contributed by atoms with Gasteiger partial charge in [-0.2, -0.15) is 0 Å². The first-order valence-electron chi connectivity index (χ1n) is 4.01. The lowest BCUT2D eigenvalue weighted by atomic mass is 10.3. The number of carbonyl (C=O) groups is 2. The van der Waals surface area contributed by atoms with Crippen molar-refractivity contribution in [1.29, 1.82) is 0 Å². The molecule has 1 aromatic rings. The van der Waals surface area contributed by atoms with Gasteiger partial charge in [0.15, 0.2) is 0 Å². The van der Waals surface area contributed by atoms with Gasteiger partial charge >= 0.3 is 0 Å². The summed E-state index contributed by atoms with van der Waals surface area (Å²) >= 11 is 4.89. The predicted octanol–water partition coefficient (Wildman–Crippen LogP) is 2.06. The number of Topliss-reactive ketones (excluding diaryl/α,β-unsaturated/α-hetero) is 1. The van der Waals surface area contributed by atoms with Crippen LogP contribution in [0.15, 0.2) is 15.9 Å². The second kappa shape index (κ2) is 4.70. The van der Waals surface area contributed by atoms with Crippen LogP contribution in [0.1, 0.15) is 11.8 Å². The van der Waals surface area contributed by atoms with E-state index in [-0.39, 0.29) is 0 Å². The normalized spacial score (nSPS) is 9.93. The molecule has 0 fully saturated rings. The van der Waals surface area contributed by atoms with Crippen LogP contribution in [0.3, 0.4) is 0 Å². The Labute approximate surface area is 94.8 Å². The number of thiophene rings is 1. The Balaban J connectivity index is 2.61. The van der Waals surface area contributed by atoms with E-state index in [9.17, 15) is 9.59 Å². The number of nitrogens with zero attached hydrogens (tertiary/aromatic N) is 1. The summed E-state index contributed by atoms with van der Waals surface area (Å²) in [5.41, 5.74) is 0. The van der Waals surface area contributed by atoms with Crippen molar-refractivity contribution in [1.82, 2.24) is 4.90 Å². The molecule has 0 saturated carbocycles. The van der Waals surface area contributed by atoms with E-state index in [0.29, 0.717) is 6.54 Å². The second-order valence-corrected chi connectivity index (χ2v) is 5.47. The van der Waals surface area contributed by atoms with Crippen LogP contribution < -0.4 is 0 Å². The summed E-state index contributed by atoms with van der Waals surface area (Å²) in [5.74, 6) is -0.877. The van der Waals surface area contributed by atoms with Crippen LogP contribution in [-0.4, -0.2) is 23.6 Å². The minimum atomic E-state index is -0.450. The molecule has 0 N–H and O–H groups in total.